The van der Waals surface area contributed by atoms with Crippen molar-refractivity contribution in [1.82, 2.24) is 4.90 Å². The number of ether oxygens (including phenoxy) is 1. The van der Waals surface area contributed by atoms with E-state index in [-0.39, 0.29) is 0 Å². The molecule has 1 rings (SSSR count). The minimum Gasteiger partial charge on any atom is -0.389 e. The molecular formula is C8H16N2O3. The van der Waals surface area contributed by atoms with Crippen molar-refractivity contribution >= 4 is 0 Å². The van der Waals surface area contributed by atoms with Crippen LogP contribution in [-0.4, -0.2) is 49.1 Å². The van der Waals surface area contributed by atoms with Gasteiger partial charge in [-0.1, -0.05) is 0 Å². The molecule has 5 nitrogen and oxygen atoms in total. The van der Waals surface area contributed by atoms with Gasteiger partial charge in [0.05, 0.1) is 12.7 Å². The molecule has 0 spiro atoms. The molecule has 1 saturated heterocycles. The second-order valence-electron chi connectivity index (χ2n) is 3.26. The van der Waals surface area contributed by atoms with Gasteiger partial charge >= 0.3 is 0 Å². The van der Waals surface area contributed by atoms with Crippen molar-refractivity contribution in [2.24, 2.45) is 5.18 Å². The highest BCUT2D eigenvalue weighted by Gasteiger charge is 2.30. The molecule has 1 heterocycles. The predicted molar refractivity (Wildman–Crippen MR) is 48.3 cm³/mol. The van der Waals surface area contributed by atoms with E-state index in [1.54, 1.807) is 7.11 Å². The van der Waals surface area contributed by atoms with Crippen LogP contribution in [0.1, 0.15) is 12.8 Å². The van der Waals surface area contributed by atoms with E-state index < -0.39 is 12.3 Å². The Kier molecular flexibility index (Phi) is 4.27. The SMILES string of the molecule is COCCN1CCCC(O)C1N=O. The number of nitroso groups, excluding NO2 is 1. The van der Waals surface area contributed by atoms with E-state index in [4.69, 9.17) is 4.74 Å². The van der Waals surface area contributed by atoms with Gasteiger partial charge in [0.2, 0.25) is 0 Å². The number of aliphatic hydroxyl groups is 1. The highest BCUT2D eigenvalue weighted by atomic mass is 16.5. The Labute approximate surface area is 77.7 Å². The molecule has 0 radical (unpaired) electrons. The average Bonchev–Trinajstić information content (AvgIpc) is 2.15. The lowest BCUT2D eigenvalue weighted by Crippen LogP contribution is -2.47. The first-order valence-electron chi connectivity index (χ1n) is 4.53. The van der Waals surface area contributed by atoms with E-state index in [9.17, 15) is 10.0 Å². The van der Waals surface area contributed by atoms with E-state index in [0.29, 0.717) is 19.6 Å². The van der Waals surface area contributed by atoms with Gasteiger partial charge in [0.25, 0.3) is 0 Å². The zero-order valence-corrected chi connectivity index (χ0v) is 7.85. The van der Waals surface area contributed by atoms with Crippen LogP contribution in [0.4, 0.5) is 0 Å². The number of nitrogens with zero attached hydrogens (tertiary/aromatic N) is 2. The summed E-state index contributed by atoms with van der Waals surface area (Å²) < 4.78 is 4.91. The maximum atomic E-state index is 10.5. The molecule has 1 aliphatic heterocycles. The summed E-state index contributed by atoms with van der Waals surface area (Å²) in [5.74, 6) is 0. The summed E-state index contributed by atoms with van der Waals surface area (Å²) in [5, 5.41) is 12.4. The van der Waals surface area contributed by atoms with Crippen LogP contribution >= 0.6 is 0 Å². The van der Waals surface area contributed by atoms with Crippen molar-refractivity contribution in [2.75, 3.05) is 26.8 Å². The lowest BCUT2D eigenvalue weighted by atomic mass is 10.1. The molecule has 0 aromatic heterocycles. The van der Waals surface area contributed by atoms with Crippen molar-refractivity contribution in [3.05, 3.63) is 4.91 Å². The first-order valence-corrected chi connectivity index (χ1v) is 4.53. The number of rotatable bonds is 4. The minimum absolute atomic E-state index is 0.568. The number of methoxy groups -OCH3 is 1. The maximum absolute atomic E-state index is 10.5. The van der Waals surface area contributed by atoms with Gasteiger partial charge in [-0.15, -0.1) is 4.91 Å². The lowest BCUT2D eigenvalue weighted by molar-refractivity contribution is 0.00331. The molecule has 5 heteroatoms. The van der Waals surface area contributed by atoms with Crippen LogP contribution in [0, 0.1) is 4.91 Å². The smallest absolute Gasteiger partial charge is 0.170 e. The molecule has 1 aliphatic rings. The largest absolute Gasteiger partial charge is 0.389 e. The van der Waals surface area contributed by atoms with Gasteiger partial charge in [-0.05, 0) is 18.0 Å². The maximum Gasteiger partial charge on any atom is 0.170 e. The van der Waals surface area contributed by atoms with Crippen LogP contribution in [0.5, 0.6) is 0 Å². The van der Waals surface area contributed by atoms with E-state index in [2.05, 4.69) is 5.18 Å². The summed E-state index contributed by atoms with van der Waals surface area (Å²) in [7, 11) is 1.61. The molecule has 2 unspecified atom stereocenters. The van der Waals surface area contributed by atoms with Crippen molar-refractivity contribution in [1.29, 1.82) is 0 Å². The Hall–Kier alpha value is -0.520. The summed E-state index contributed by atoms with van der Waals surface area (Å²) >= 11 is 0. The van der Waals surface area contributed by atoms with Gasteiger partial charge < -0.3 is 9.84 Å². The summed E-state index contributed by atoms with van der Waals surface area (Å²) in [6, 6.07) is 0. The van der Waals surface area contributed by atoms with Crippen LogP contribution in [0.2, 0.25) is 0 Å². The fourth-order valence-corrected chi connectivity index (χ4v) is 1.62. The fourth-order valence-electron chi connectivity index (χ4n) is 1.62. The Morgan fingerprint density at radius 1 is 1.69 bits per heavy atom. The highest BCUT2D eigenvalue weighted by molar-refractivity contribution is 4.81. The Morgan fingerprint density at radius 3 is 3.08 bits per heavy atom. The molecule has 0 aliphatic carbocycles. The molecule has 1 fully saturated rings. The first kappa shape index (κ1) is 10.6. The summed E-state index contributed by atoms with van der Waals surface area (Å²) in [4.78, 5) is 12.3. The second kappa shape index (κ2) is 5.26. The van der Waals surface area contributed by atoms with Gasteiger partial charge in [0.15, 0.2) is 6.17 Å². The van der Waals surface area contributed by atoms with E-state index in [1.807, 2.05) is 4.90 Å². The summed E-state index contributed by atoms with van der Waals surface area (Å²) in [6.07, 6.45) is 0.392. The van der Waals surface area contributed by atoms with E-state index in [0.717, 1.165) is 13.0 Å². The molecule has 0 aromatic rings. The third-order valence-corrected chi connectivity index (χ3v) is 2.35. The number of piperidine rings is 1. The molecule has 76 valence electrons. The number of aliphatic hydroxyl groups excluding tert-OH is 1. The number of likely N-dealkylation sites (tertiary alicyclic amines) is 1. The molecule has 1 N–H and O–H groups in total. The monoisotopic (exact) mass is 188 g/mol. The average molecular weight is 188 g/mol. The van der Waals surface area contributed by atoms with E-state index in [1.165, 1.54) is 0 Å². The van der Waals surface area contributed by atoms with Gasteiger partial charge in [0, 0.05) is 20.2 Å². The van der Waals surface area contributed by atoms with Gasteiger partial charge in [-0.25, -0.2) is 0 Å². The van der Waals surface area contributed by atoms with Crippen molar-refractivity contribution in [3.63, 3.8) is 0 Å². The lowest BCUT2D eigenvalue weighted by Gasteiger charge is -2.34. The van der Waals surface area contributed by atoms with Gasteiger partial charge in [-0.2, -0.15) is 0 Å². The Bertz CT molecular complexity index is 165. The summed E-state index contributed by atoms with van der Waals surface area (Å²) in [6.45, 7) is 2.04. The highest BCUT2D eigenvalue weighted by Crippen LogP contribution is 2.17. The molecular weight excluding hydrogens is 172 g/mol. The van der Waals surface area contributed by atoms with Crippen molar-refractivity contribution in [3.8, 4) is 0 Å². The molecule has 0 amide bonds. The summed E-state index contributed by atoms with van der Waals surface area (Å²) in [5.41, 5.74) is 0. The molecule has 13 heavy (non-hydrogen) atoms. The normalized spacial score (nSPS) is 30.3. The predicted octanol–water partition coefficient (Wildman–Crippen LogP) is 0.182. The molecule has 0 bridgehead atoms. The Morgan fingerprint density at radius 2 is 2.46 bits per heavy atom. The molecule has 0 saturated carbocycles. The third kappa shape index (κ3) is 2.72. The van der Waals surface area contributed by atoms with Crippen molar-refractivity contribution in [2.45, 2.75) is 25.1 Å². The van der Waals surface area contributed by atoms with Crippen LogP contribution < -0.4 is 0 Å². The topological polar surface area (TPSA) is 62.1 Å². The third-order valence-electron chi connectivity index (χ3n) is 2.35. The minimum atomic E-state index is -0.608. The van der Waals surface area contributed by atoms with Gasteiger partial charge in [-0.3, -0.25) is 4.90 Å². The quantitative estimate of drug-likeness (QED) is 0.639. The van der Waals surface area contributed by atoms with Gasteiger partial charge in [0.1, 0.15) is 0 Å². The Balaban J connectivity index is 2.44. The van der Waals surface area contributed by atoms with Crippen LogP contribution in [-0.2, 0) is 4.74 Å². The van der Waals surface area contributed by atoms with Crippen LogP contribution in [0.15, 0.2) is 5.18 Å². The van der Waals surface area contributed by atoms with Crippen molar-refractivity contribution < 1.29 is 9.84 Å². The zero-order chi connectivity index (χ0) is 9.68. The van der Waals surface area contributed by atoms with Crippen LogP contribution in [0.3, 0.4) is 0 Å². The standard InChI is InChI=1S/C8H16N2O3/c1-13-6-5-10-4-2-3-7(11)8(10)9-12/h7-8,11H,2-6H2,1H3. The second-order valence-corrected chi connectivity index (χ2v) is 3.26. The zero-order valence-electron chi connectivity index (χ0n) is 7.85. The molecule has 2 atom stereocenters. The molecule has 0 aromatic carbocycles. The number of hydrogen-bond acceptors (Lipinski definition) is 5. The first-order chi connectivity index (χ1) is 6.29. The fraction of sp³-hybridized carbons (Fsp3) is 1.00. The number of hydrogen-bond donors (Lipinski definition) is 1. The van der Waals surface area contributed by atoms with E-state index >= 15 is 0 Å². The van der Waals surface area contributed by atoms with Crippen LogP contribution in [0.25, 0.3) is 0 Å².